The number of benzene rings is 1. The number of aromatic nitrogens is 2. The smallest absolute Gasteiger partial charge is 0.261 e. The molecule has 18 heavy (non-hydrogen) atoms. The molecule has 0 aliphatic rings. The molecule has 0 unspecified atom stereocenters. The fourth-order valence-corrected chi connectivity index (χ4v) is 2.30. The highest BCUT2D eigenvalue weighted by Crippen LogP contribution is 2.15. The van der Waals surface area contributed by atoms with Crippen molar-refractivity contribution < 1.29 is 0 Å². The number of rotatable bonds is 4. The van der Waals surface area contributed by atoms with Crippen LogP contribution in [0.1, 0.15) is 12.7 Å². The van der Waals surface area contributed by atoms with Crippen molar-refractivity contribution in [3.8, 4) is 0 Å². The van der Waals surface area contributed by atoms with Crippen LogP contribution in [-0.2, 0) is 6.54 Å². The molecule has 0 aliphatic heterocycles. The predicted octanol–water partition coefficient (Wildman–Crippen LogP) is 2.08. The first kappa shape index (κ1) is 13.2. The molecule has 1 heterocycles. The second-order valence-corrected chi connectivity index (χ2v) is 5.05. The number of hydrogen-bond acceptors (Lipinski definition) is 3. The van der Waals surface area contributed by atoms with Crippen LogP contribution in [0, 0.1) is 6.92 Å². The van der Waals surface area contributed by atoms with Crippen molar-refractivity contribution in [1.82, 2.24) is 14.9 Å². The average Bonchev–Trinajstić information content (AvgIpc) is 2.35. The van der Waals surface area contributed by atoms with Crippen LogP contribution in [0.3, 0.4) is 0 Å². The molecule has 0 amide bonds. The highest BCUT2D eigenvalue weighted by molar-refractivity contribution is 9.10. The molecule has 0 aliphatic carbocycles. The van der Waals surface area contributed by atoms with Gasteiger partial charge in [-0.2, -0.15) is 0 Å². The molecule has 0 fully saturated rings. The van der Waals surface area contributed by atoms with Gasteiger partial charge in [-0.25, -0.2) is 4.98 Å². The Morgan fingerprint density at radius 1 is 1.44 bits per heavy atom. The molecule has 2 aromatic rings. The number of fused-ring (bicyclic) bond motifs is 1. The number of halogens is 1. The molecular weight excluding hydrogens is 294 g/mol. The van der Waals surface area contributed by atoms with E-state index >= 15 is 0 Å². The van der Waals surface area contributed by atoms with Crippen molar-refractivity contribution in [1.29, 1.82) is 0 Å². The van der Waals surface area contributed by atoms with Gasteiger partial charge in [0.05, 0.1) is 10.9 Å². The molecule has 1 aromatic heterocycles. The monoisotopic (exact) mass is 309 g/mol. The summed E-state index contributed by atoms with van der Waals surface area (Å²) in [6, 6.07) is 5.59. The highest BCUT2D eigenvalue weighted by Gasteiger charge is 2.07. The Morgan fingerprint density at radius 3 is 2.94 bits per heavy atom. The molecule has 2 rings (SSSR count). The summed E-state index contributed by atoms with van der Waals surface area (Å²) in [6.45, 7) is 6.24. The Labute approximate surface area is 114 Å². The Kier molecular flexibility index (Phi) is 4.14. The minimum atomic E-state index is 0.0247. The van der Waals surface area contributed by atoms with Gasteiger partial charge in [0.2, 0.25) is 0 Å². The summed E-state index contributed by atoms with van der Waals surface area (Å²) in [6.07, 6.45) is 0. The van der Waals surface area contributed by atoms with Crippen LogP contribution in [0.5, 0.6) is 0 Å². The van der Waals surface area contributed by atoms with Crippen LogP contribution in [-0.4, -0.2) is 22.6 Å². The molecule has 0 spiro atoms. The quantitative estimate of drug-likeness (QED) is 0.880. The van der Waals surface area contributed by atoms with Gasteiger partial charge in [-0.15, -0.1) is 0 Å². The summed E-state index contributed by atoms with van der Waals surface area (Å²) in [7, 11) is 0. The lowest BCUT2D eigenvalue weighted by Crippen LogP contribution is -2.29. The van der Waals surface area contributed by atoms with Crippen molar-refractivity contribution in [2.24, 2.45) is 0 Å². The zero-order chi connectivity index (χ0) is 13.1. The maximum absolute atomic E-state index is 12.4. The van der Waals surface area contributed by atoms with E-state index in [-0.39, 0.29) is 5.56 Å². The van der Waals surface area contributed by atoms with Gasteiger partial charge in [0, 0.05) is 17.6 Å². The molecule has 0 bridgehead atoms. The zero-order valence-electron chi connectivity index (χ0n) is 10.5. The van der Waals surface area contributed by atoms with Crippen LogP contribution in [0.15, 0.2) is 27.5 Å². The fourth-order valence-electron chi connectivity index (χ4n) is 1.94. The van der Waals surface area contributed by atoms with E-state index in [9.17, 15) is 4.79 Å². The van der Waals surface area contributed by atoms with Gasteiger partial charge < -0.3 is 5.32 Å². The van der Waals surface area contributed by atoms with Crippen molar-refractivity contribution >= 4 is 26.8 Å². The predicted molar refractivity (Wildman–Crippen MR) is 77.0 cm³/mol. The highest BCUT2D eigenvalue weighted by atomic mass is 79.9. The molecule has 1 N–H and O–H groups in total. The summed E-state index contributed by atoms with van der Waals surface area (Å²) in [5.74, 6) is 0.757. The second kappa shape index (κ2) is 5.63. The fraction of sp³-hybridized carbons (Fsp3) is 0.385. The molecule has 1 aromatic carbocycles. The zero-order valence-corrected chi connectivity index (χ0v) is 12.1. The van der Waals surface area contributed by atoms with Crippen molar-refractivity contribution in [3.63, 3.8) is 0 Å². The molecular formula is C13H16BrN3O. The first-order valence-electron chi connectivity index (χ1n) is 6.01. The molecule has 0 radical (unpaired) electrons. The lowest BCUT2D eigenvalue weighted by molar-refractivity contribution is 0.582. The van der Waals surface area contributed by atoms with E-state index in [2.05, 4.69) is 26.2 Å². The lowest BCUT2D eigenvalue weighted by atomic mass is 10.2. The van der Waals surface area contributed by atoms with Crippen molar-refractivity contribution in [3.05, 3.63) is 38.9 Å². The largest absolute Gasteiger partial charge is 0.315 e. The Bertz CT molecular complexity index is 621. The SMILES string of the molecule is CCNCCn1c(C)nc2ccc(Br)cc2c1=O. The minimum absolute atomic E-state index is 0.0247. The third kappa shape index (κ3) is 2.62. The van der Waals surface area contributed by atoms with Gasteiger partial charge in [0.15, 0.2) is 0 Å². The van der Waals surface area contributed by atoms with Gasteiger partial charge in [0.1, 0.15) is 5.82 Å². The van der Waals surface area contributed by atoms with Gasteiger partial charge in [-0.05, 0) is 31.7 Å². The van der Waals surface area contributed by atoms with Gasteiger partial charge in [0.25, 0.3) is 5.56 Å². The molecule has 0 saturated carbocycles. The molecule has 0 atom stereocenters. The third-order valence-corrected chi connectivity index (χ3v) is 3.36. The van der Waals surface area contributed by atoms with E-state index in [0.717, 1.165) is 28.9 Å². The summed E-state index contributed by atoms with van der Waals surface area (Å²) in [4.78, 5) is 16.8. The number of aryl methyl sites for hydroxylation is 1. The third-order valence-electron chi connectivity index (χ3n) is 2.87. The lowest BCUT2D eigenvalue weighted by Gasteiger charge is -2.11. The van der Waals surface area contributed by atoms with E-state index in [0.29, 0.717) is 11.9 Å². The van der Waals surface area contributed by atoms with Crippen LogP contribution in [0.25, 0.3) is 10.9 Å². The van der Waals surface area contributed by atoms with E-state index < -0.39 is 0 Å². The van der Waals surface area contributed by atoms with Gasteiger partial charge in [-0.1, -0.05) is 22.9 Å². The van der Waals surface area contributed by atoms with Crippen molar-refractivity contribution in [2.75, 3.05) is 13.1 Å². The molecule has 4 nitrogen and oxygen atoms in total. The average molecular weight is 310 g/mol. The van der Waals surface area contributed by atoms with Crippen LogP contribution in [0.2, 0.25) is 0 Å². The maximum atomic E-state index is 12.4. The van der Waals surface area contributed by atoms with E-state index in [4.69, 9.17) is 0 Å². The Hall–Kier alpha value is -1.20. The molecule has 0 saturated heterocycles. The summed E-state index contributed by atoms with van der Waals surface area (Å²) >= 11 is 3.39. The van der Waals surface area contributed by atoms with E-state index in [1.165, 1.54) is 0 Å². The summed E-state index contributed by atoms with van der Waals surface area (Å²) in [5.41, 5.74) is 0.775. The first-order valence-corrected chi connectivity index (χ1v) is 6.80. The Balaban J connectivity index is 2.50. The molecule has 5 heteroatoms. The maximum Gasteiger partial charge on any atom is 0.261 e. The van der Waals surface area contributed by atoms with E-state index in [1.807, 2.05) is 32.0 Å². The van der Waals surface area contributed by atoms with Crippen LogP contribution < -0.4 is 10.9 Å². The van der Waals surface area contributed by atoms with Gasteiger partial charge in [-0.3, -0.25) is 9.36 Å². The number of hydrogen-bond donors (Lipinski definition) is 1. The second-order valence-electron chi connectivity index (χ2n) is 4.13. The van der Waals surface area contributed by atoms with E-state index in [1.54, 1.807) is 4.57 Å². The topological polar surface area (TPSA) is 46.9 Å². The summed E-state index contributed by atoms with van der Waals surface area (Å²) < 4.78 is 2.62. The normalized spacial score (nSPS) is 11.1. The number of nitrogens with zero attached hydrogens (tertiary/aromatic N) is 2. The standard InChI is InChI=1S/C13H16BrN3O/c1-3-15-6-7-17-9(2)16-12-5-4-10(14)8-11(12)13(17)18/h4-5,8,15H,3,6-7H2,1-2H3. The Morgan fingerprint density at radius 2 is 2.22 bits per heavy atom. The summed E-state index contributed by atoms with van der Waals surface area (Å²) in [5, 5.41) is 3.87. The van der Waals surface area contributed by atoms with Crippen LogP contribution in [0.4, 0.5) is 0 Å². The van der Waals surface area contributed by atoms with Gasteiger partial charge >= 0.3 is 0 Å². The first-order chi connectivity index (χ1) is 8.63. The number of likely N-dealkylation sites (N-methyl/N-ethyl adjacent to an activating group) is 1. The molecule has 96 valence electrons. The minimum Gasteiger partial charge on any atom is -0.315 e. The number of nitrogens with one attached hydrogen (secondary N) is 1. The van der Waals surface area contributed by atoms with Crippen LogP contribution >= 0.6 is 15.9 Å². The van der Waals surface area contributed by atoms with Crippen molar-refractivity contribution in [2.45, 2.75) is 20.4 Å².